The van der Waals surface area contributed by atoms with E-state index in [0.717, 1.165) is 5.56 Å². The predicted molar refractivity (Wildman–Crippen MR) is 113 cm³/mol. The van der Waals surface area contributed by atoms with Crippen molar-refractivity contribution in [1.82, 2.24) is 0 Å². The van der Waals surface area contributed by atoms with E-state index in [0.29, 0.717) is 29.0 Å². The summed E-state index contributed by atoms with van der Waals surface area (Å²) in [5.41, 5.74) is 2.18. The molecule has 4 heteroatoms. The highest BCUT2D eigenvalue weighted by Crippen LogP contribution is 2.23. The molecular weight excluding hydrogens is 364 g/mol. The summed E-state index contributed by atoms with van der Waals surface area (Å²) < 4.78 is 10.3. The molecule has 0 saturated heterocycles. The first-order valence-electron chi connectivity index (χ1n) is 9.50. The van der Waals surface area contributed by atoms with Crippen LogP contribution in [-0.4, -0.2) is 25.8 Å². The second kappa shape index (κ2) is 9.69. The Labute approximate surface area is 171 Å². The van der Waals surface area contributed by atoms with Crippen molar-refractivity contribution in [3.8, 4) is 11.5 Å². The molecule has 0 spiro atoms. The van der Waals surface area contributed by atoms with Crippen molar-refractivity contribution < 1.29 is 19.1 Å². The molecule has 0 heterocycles. The van der Waals surface area contributed by atoms with Crippen LogP contribution in [-0.2, 0) is 6.42 Å². The highest BCUT2D eigenvalue weighted by atomic mass is 16.5. The molecule has 3 aromatic carbocycles. The van der Waals surface area contributed by atoms with Gasteiger partial charge in [-0.3, -0.25) is 9.59 Å². The average Bonchev–Trinajstić information content (AvgIpc) is 2.79. The van der Waals surface area contributed by atoms with Gasteiger partial charge in [-0.05, 0) is 60.5 Å². The Hall–Kier alpha value is -3.40. The molecule has 4 nitrogen and oxygen atoms in total. The standard InChI is InChI=1S/C25H24O4/c1-28-22-12-8-19(9-13-22)24(26)17-21(16-18-6-4-3-5-7-18)25(27)20-10-14-23(29-2)15-11-20/h3-15,21H,16-17H2,1-2H3. The van der Waals surface area contributed by atoms with Crippen LogP contribution in [0.3, 0.4) is 0 Å². The molecule has 0 aliphatic heterocycles. The van der Waals surface area contributed by atoms with Gasteiger partial charge in [-0.15, -0.1) is 0 Å². The van der Waals surface area contributed by atoms with Gasteiger partial charge >= 0.3 is 0 Å². The fraction of sp³-hybridized carbons (Fsp3) is 0.200. The van der Waals surface area contributed by atoms with E-state index < -0.39 is 5.92 Å². The summed E-state index contributed by atoms with van der Waals surface area (Å²) in [6.45, 7) is 0. The third-order valence-electron chi connectivity index (χ3n) is 4.91. The molecule has 3 aromatic rings. The van der Waals surface area contributed by atoms with Gasteiger partial charge in [-0.25, -0.2) is 0 Å². The number of methoxy groups -OCH3 is 2. The van der Waals surface area contributed by atoms with Gasteiger partial charge in [-0.2, -0.15) is 0 Å². The Bertz CT molecular complexity index is 944. The zero-order chi connectivity index (χ0) is 20.6. The minimum absolute atomic E-state index is 0.0432. The third kappa shape index (κ3) is 5.32. The molecule has 0 amide bonds. The van der Waals surface area contributed by atoms with E-state index >= 15 is 0 Å². The first-order valence-corrected chi connectivity index (χ1v) is 9.50. The van der Waals surface area contributed by atoms with Gasteiger partial charge in [0, 0.05) is 23.5 Å². The van der Waals surface area contributed by atoms with Crippen LogP contribution in [0.2, 0.25) is 0 Å². The van der Waals surface area contributed by atoms with Crippen LogP contribution in [0.5, 0.6) is 11.5 Å². The van der Waals surface area contributed by atoms with E-state index in [1.807, 2.05) is 30.3 Å². The topological polar surface area (TPSA) is 52.6 Å². The number of benzene rings is 3. The molecule has 0 bridgehead atoms. The number of rotatable bonds is 9. The van der Waals surface area contributed by atoms with Crippen molar-refractivity contribution in [1.29, 1.82) is 0 Å². The van der Waals surface area contributed by atoms with Crippen molar-refractivity contribution in [2.45, 2.75) is 12.8 Å². The summed E-state index contributed by atoms with van der Waals surface area (Å²) in [5, 5.41) is 0. The van der Waals surface area contributed by atoms with E-state index in [1.54, 1.807) is 62.8 Å². The molecule has 0 aromatic heterocycles. The lowest BCUT2D eigenvalue weighted by Crippen LogP contribution is -2.21. The Morgan fingerprint density at radius 2 is 1.24 bits per heavy atom. The van der Waals surface area contributed by atoms with Crippen LogP contribution < -0.4 is 9.47 Å². The third-order valence-corrected chi connectivity index (χ3v) is 4.91. The van der Waals surface area contributed by atoms with Gasteiger partial charge in [0.25, 0.3) is 0 Å². The molecule has 1 unspecified atom stereocenters. The van der Waals surface area contributed by atoms with Crippen LogP contribution in [0.25, 0.3) is 0 Å². The number of hydrogen-bond donors (Lipinski definition) is 0. The van der Waals surface area contributed by atoms with Gasteiger partial charge in [0.15, 0.2) is 11.6 Å². The summed E-state index contributed by atoms with van der Waals surface area (Å²) in [6, 6.07) is 23.8. The second-order valence-electron chi connectivity index (χ2n) is 6.84. The van der Waals surface area contributed by atoms with E-state index in [9.17, 15) is 9.59 Å². The highest BCUT2D eigenvalue weighted by molar-refractivity contribution is 6.03. The first-order chi connectivity index (χ1) is 14.1. The van der Waals surface area contributed by atoms with Crippen molar-refractivity contribution >= 4 is 11.6 Å². The molecule has 1 atom stereocenters. The maximum absolute atomic E-state index is 13.2. The van der Waals surface area contributed by atoms with Crippen LogP contribution in [0, 0.1) is 5.92 Å². The fourth-order valence-electron chi connectivity index (χ4n) is 3.27. The molecule has 0 aliphatic rings. The van der Waals surface area contributed by atoms with Crippen LogP contribution in [0.15, 0.2) is 78.9 Å². The zero-order valence-corrected chi connectivity index (χ0v) is 16.6. The van der Waals surface area contributed by atoms with Crippen molar-refractivity contribution in [3.05, 3.63) is 95.6 Å². The zero-order valence-electron chi connectivity index (χ0n) is 16.6. The number of carbonyl (C=O) groups is 2. The maximum atomic E-state index is 13.2. The van der Waals surface area contributed by atoms with E-state index in [1.165, 1.54) is 0 Å². The Balaban J connectivity index is 1.83. The maximum Gasteiger partial charge on any atom is 0.166 e. The predicted octanol–water partition coefficient (Wildman–Crippen LogP) is 5.02. The first kappa shape index (κ1) is 20.3. The lowest BCUT2D eigenvalue weighted by molar-refractivity contribution is 0.0851. The number of carbonyl (C=O) groups excluding carboxylic acids is 2. The van der Waals surface area contributed by atoms with Crippen LogP contribution in [0.4, 0.5) is 0 Å². The number of ether oxygens (including phenoxy) is 2. The van der Waals surface area contributed by atoms with Crippen molar-refractivity contribution in [3.63, 3.8) is 0 Å². The highest BCUT2D eigenvalue weighted by Gasteiger charge is 2.24. The number of hydrogen-bond acceptors (Lipinski definition) is 4. The monoisotopic (exact) mass is 388 g/mol. The van der Waals surface area contributed by atoms with Gasteiger partial charge < -0.3 is 9.47 Å². The lowest BCUT2D eigenvalue weighted by Gasteiger charge is -2.16. The smallest absolute Gasteiger partial charge is 0.166 e. The number of ketones is 2. The molecular formula is C25H24O4. The molecule has 0 radical (unpaired) electrons. The van der Waals surface area contributed by atoms with Crippen LogP contribution >= 0.6 is 0 Å². The minimum Gasteiger partial charge on any atom is -0.497 e. The fourth-order valence-corrected chi connectivity index (χ4v) is 3.27. The summed E-state index contributed by atoms with van der Waals surface area (Å²) in [6.07, 6.45) is 0.652. The molecule has 0 N–H and O–H groups in total. The normalized spacial score (nSPS) is 11.5. The van der Waals surface area contributed by atoms with Crippen molar-refractivity contribution in [2.75, 3.05) is 14.2 Å². The van der Waals surface area contributed by atoms with Gasteiger partial charge in [0.2, 0.25) is 0 Å². The van der Waals surface area contributed by atoms with Crippen molar-refractivity contribution in [2.24, 2.45) is 5.92 Å². The quantitative estimate of drug-likeness (QED) is 0.483. The van der Waals surface area contributed by atoms with Gasteiger partial charge in [-0.1, -0.05) is 30.3 Å². The summed E-state index contributed by atoms with van der Waals surface area (Å²) in [7, 11) is 3.17. The summed E-state index contributed by atoms with van der Waals surface area (Å²) in [5.74, 6) is 0.835. The van der Waals surface area contributed by atoms with Crippen LogP contribution in [0.1, 0.15) is 32.7 Å². The molecule has 148 valence electrons. The molecule has 0 aliphatic carbocycles. The lowest BCUT2D eigenvalue weighted by atomic mass is 9.86. The van der Waals surface area contributed by atoms with E-state index in [4.69, 9.17) is 9.47 Å². The average molecular weight is 388 g/mol. The SMILES string of the molecule is COc1ccc(C(=O)CC(Cc2ccccc2)C(=O)c2ccc(OC)cc2)cc1. The van der Waals surface area contributed by atoms with Gasteiger partial charge in [0.1, 0.15) is 11.5 Å². The summed E-state index contributed by atoms with van der Waals surface area (Å²) in [4.78, 5) is 26.1. The Kier molecular flexibility index (Phi) is 6.80. The minimum atomic E-state index is -0.444. The van der Waals surface area contributed by atoms with E-state index in [-0.39, 0.29) is 18.0 Å². The largest absolute Gasteiger partial charge is 0.497 e. The molecule has 0 fully saturated rings. The molecule has 3 rings (SSSR count). The van der Waals surface area contributed by atoms with E-state index in [2.05, 4.69) is 0 Å². The molecule has 0 saturated carbocycles. The Morgan fingerprint density at radius 3 is 1.76 bits per heavy atom. The Morgan fingerprint density at radius 1 is 0.724 bits per heavy atom. The number of Topliss-reactive ketones (excluding diaryl/α,β-unsaturated/α-hetero) is 2. The second-order valence-corrected chi connectivity index (χ2v) is 6.84. The van der Waals surface area contributed by atoms with Gasteiger partial charge in [0.05, 0.1) is 14.2 Å². The summed E-state index contributed by atoms with van der Waals surface area (Å²) >= 11 is 0. The molecule has 29 heavy (non-hydrogen) atoms.